The van der Waals surface area contributed by atoms with Crippen molar-refractivity contribution in [3.8, 4) is 0 Å². The van der Waals surface area contributed by atoms with Gasteiger partial charge in [0, 0.05) is 30.8 Å². The summed E-state index contributed by atoms with van der Waals surface area (Å²) in [6, 6.07) is 0.228. The molecule has 0 aromatic heterocycles. The fourth-order valence-corrected chi connectivity index (χ4v) is 4.73. The molecular formula is C18H23NO5. The third kappa shape index (κ3) is 2.08. The molecule has 24 heavy (non-hydrogen) atoms. The Bertz CT molecular complexity index is 664. The van der Waals surface area contributed by atoms with Gasteiger partial charge < -0.3 is 19.1 Å². The lowest BCUT2D eigenvalue weighted by Crippen LogP contribution is -2.40. The fraction of sp³-hybridized carbons (Fsp3) is 0.667. The summed E-state index contributed by atoms with van der Waals surface area (Å²) in [5, 5.41) is 0. The van der Waals surface area contributed by atoms with Crippen molar-refractivity contribution in [3.63, 3.8) is 0 Å². The van der Waals surface area contributed by atoms with Gasteiger partial charge in [0.25, 0.3) is 0 Å². The van der Waals surface area contributed by atoms with Crippen LogP contribution in [0.2, 0.25) is 0 Å². The van der Waals surface area contributed by atoms with E-state index in [9.17, 15) is 9.59 Å². The Morgan fingerprint density at radius 2 is 2.04 bits per heavy atom. The Morgan fingerprint density at radius 1 is 1.25 bits per heavy atom. The Labute approximate surface area is 141 Å². The zero-order chi connectivity index (χ0) is 17.0. The average Bonchev–Trinajstić information content (AvgIpc) is 3.11. The first-order valence-corrected chi connectivity index (χ1v) is 8.70. The van der Waals surface area contributed by atoms with Gasteiger partial charge in [-0.05, 0) is 26.2 Å². The van der Waals surface area contributed by atoms with Crippen molar-refractivity contribution in [1.82, 2.24) is 4.90 Å². The Hall–Kier alpha value is -1.98. The highest BCUT2D eigenvalue weighted by Crippen LogP contribution is 2.48. The monoisotopic (exact) mass is 333 g/mol. The van der Waals surface area contributed by atoms with Crippen LogP contribution in [0, 0.1) is 11.8 Å². The molecule has 4 aliphatic rings. The van der Waals surface area contributed by atoms with E-state index in [1.807, 2.05) is 4.90 Å². The maximum Gasteiger partial charge on any atom is 0.343 e. The second kappa shape index (κ2) is 5.53. The average molecular weight is 333 g/mol. The minimum Gasteiger partial charge on any atom is -0.492 e. The van der Waals surface area contributed by atoms with E-state index in [-0.39, 0.29) is 35.9 Å². The van der Waals surface area contributed by atoms with Crippen molar-refractivity contribution in [1.29, 1.82) is 0 Å². The first-order chi connectivity index (χ1) is 11.5. The molecule has 1 amide bonds. The van der Waals surface area contributed by atoms with Crippen LogP contribution in [0.5, 0.6) is 0 Å². The van der Waals surface area contributed by atoms with Gasteiger partial charge in [0.05, 0.1) is 12.7 Å². The molecule has 3 saturated heterocycles. The van der Waals surface area contributed by atoms with Gasteiger partial charge in [0.15, 0.2) is 5.76 Å². The Morgan fingerprint density at radius 3 is 2.79 bits per heavy atom. The molecule has 6 heteroatoms. The van der Waals surface area contributed by atoms with E-state index in [2.05, 4.69) is 6.92 Å². The van der Waals surface area contributed by atoms with E-state index in [1.54, 1.807) is 6.92 Å². The Balaban J connectivity index is 1.72. The molecule has 4 aliphatic heterocycles. The fourth-order valence-electron chi connectivity index (χ4n) is 4.73. The molecule has 0 unspecified atom stereocenters. The predicted octanol–water partition coefficient (Wildman–Crippen LogP) is 2.11. The van der Waals surface area contributed by atoms with Crippen LogP contribution in [-0.2, 0) is 23.8 Å². The van der Waals surface area contributed by atoms with Crippen LogP contribution in [-0.4, -0.2) is 42.6 Å². The number of methoxy groups -OCH3 is 1. The number of carbonyl (C=O) groups is 2. The van der Waals surface area contributed by atoms with Crippen LogP contribution in [0.3, 0.4) is 0 Å². The van der Waals surface area contributed by atoms with E-state index in [4.69, 9.17) is 14.2 Å². The van der Waals surface area contributed by atoms with Crippen LogP contribution in [0.15, 0.2) is 22.9 Å². The third-order valence-corrected chi connectivity index (χ3v) is 5.88. The first kappa shape index (κ1) is 15.5. The van der Waals surface area contributed by atoms with Crippen LogP contribution >= 0.6 is 0 Å². The summed E-state index contributed by atoms with van der Waals surface area (Å²) in [7, 11) is 1.54. The maximum atomic E-state index is 12.2. The third-order valence-electron chi connectivity index (χ3n) is 5.88. The number of amides is 1. The lowest BCUT2D eigenvalue weighted by molar-refractivity contribution is -0.133. The smallest absolute Gasteiger partial charge is 0.343 e. The lowest BCUT2D eigenvalue weighted by Gasteiger charge is -2.29. The van der Waals surface area contributed by atoms with E-state index >= 15 is 0 Å². The van der Waals surface area contributed by atoms with Gasteiger partial charge in [0.2, 0.25) is 11.7 Å². The van der Waals surface area contributed by atoms with E-state index in [1.165, 1.54) is 7.11 Å². The van der Waals surface area contributed by atoms with Crippen LogP contribution in [0.25, 0.3) is 0 Å². The van der Waals surface area contributed by atoms with Gasteiger partial charge in [-0.3, -0.25) is 4.79 Å². The number of ether oxygens (including phenoxy) is 3. The zero-order valence-electron chi connectivity index (χ0n) is 14.3. The quantitative estimate of drug-likeness (QED) is 0.688. The van der Waals surface area contributed by atoms with E-state index < -0.39 is 0 Å². The van der Waals surface area contributed by atoms with Crippen LogP contribution in [0.4, 0.5) is 0 Å². The summed E-state index contributed by atoms with van der Waals surface area (Å²) < 4.78 is 17.1. The van der Waals surface area contributed by atoms with Crippen LogP contribution < -0.4 is 0 Å². The molecule has 6 nitrogen and oxygen atoms in total. The SMILES string of the molecule is COC1=C(C)C(=O)O/C1=C1\O[C@@H]2CCCN3C(=O)CC[C@H]3[C@H]2[C@@H]1C. The number of esters is 1. The standard InChI is InChI=1S/C18H23NO5/c1-9-14-11-6-7-13(20)19(11)8-4-5-12(14)23-16(9)17-15(22-3)10(2)18(21)24-17/h9,11-12,14H,4-8H2,1-3H3/b17-16-/t9-,11-,12+,14+/m0/s1. The second-order valence-corrected chi connectivity index (χ2v) is 7.10. The van der Waals surface area contributed by atoms with Crippen molar-refractivity contribution < 1.29 is 23.8 Å². The first-order valence-electron chi connectivity index (χ1n) is 8.70. The van der Waals surface area contributed by atoms with E-state index in [0.717, 1.165) is 25.8 Å². The summed E-state index contributed by atoms with van der Waals surface area (Å²) in [5.74, 6) is 1.82. The highest BCUT2D eigenvalue weighted by atomic mass is 16.6. The molecule has 0 N–H and O–H groups in total. The number of nitrogens with zero attached hydrogens (tertiary/aromatic N) is 1. The molecule has 3 fully saturated rings. The summed E-state index contributed by atoms with van der Waals surface area (Å²) in [6.45, 7) is 4.63. The number of carbonyl (C=O) groups excluding carboxylic acids is 2. The molecule has 4 heterocycles. The molecular weight excluding hydrogens is 310 g/mol. The highest BCUT2D eigenvalue weighted by molar-refractivity contribution is 5.93. The van der Waals surface area contributed by atoms with Gasteiger partial charge in [-0.15, -0.1) is 0 Å². The van der Waals surface area contributed by atoms with Crippen molar-refractivity contribution in [2.75, 3.05) is 13.7 Å². The maximum absolute atomic E-state index is 12.2. The molecule has 0 aliphatic carbocycles. The van der Waals surface area contributed by atoms with E-state index in [0.29, 0.717) is 29.3 Å². The van der Waals surface area contributed by atoms with Gasteiger partial charge in [0.1, 0.15) is 11.9 Å². The van der Waals surface area contributed by atoms with Gasteiger partial charge in [-0.25, -0.2) is 4.79 Å². The molecule has 0 spiro atoms. The summed E-state index contributed by atoms with van der Waals surface area (Å²) in [6.07, 6.45) is 3.46. The van der Waals surface area contributed by atoms with Crippen molar-refractivity contribution >= 4 is 11.9 Å². The molecule has 0 radical (unpaired) electrons. The number of cyclic esters (lactones) is 1. The predicted molar refractivity (Wildman–Crippen MR) is 84.3 cm³/mol. The molecule has 0 aromatic rings. The summed E-state index contributed by atoms with van der Waals surface area (Å²) in [4.78, 5) is 26.1. The second-order valence-electron chi connectivity index (χ2n) is 7.10. The zero-order valence-corrected chi connectivity index (χ0v) is 14.3. The normalized spacial score (nSPS) is 38.7. The van der Waals surface area contributed by atoms with Gasteiger partial charge >= 0.3 is 5.97 Å². The summed E-state index contributed by atoms with van der Waals surface area (Å²) in [5.41, 5.74) is 0.473. The van der Waals surface area contributed by atoms with Crippen molar-refractivity contribution in [2.24, 2.45) is 11.8 Å². The minimum atomic E-state index is -0.380. The molecule has 4 rings (SSSR count). The van der Waals surface area contributed by atoms with Crippen molar-refractivity contribution in [3.05, 3.63) is 22.9 Å². The minimum absolute atomic E-state index is 0.0705. The summed E-state index contributed by atoms with van der Waals surface area (Å²) >= 11 is 0. The van der Waals surface area contributed by atoms with Gasteiger partial charge in [-0.1, -0.05) is 6.92 Å². The molecule has 130 valence electrons. The molecule has 0 aromatic carbocycles. The highest BCUT2D eigenvalue weighted by Gasteiger charge is 2.52. The number of hydrogen-bond acceptors (Lipinski definition) is 5. The molecule has 0 bridgehead atoms. The molecule has 4 atom stereocenters. The molecule has 0 saturated carbocycles. The lowest BCUT2D eigenvalue weighted by atomic mass is 9.82. The van der Waals surface area contributed by atoms with Crippen molar-refractivity contribution in [2.45, 2.75) is 51.7 Å². The number of rotatable bonds is 1. The number of fused-ring (bicyclic) bond motifs is 3. The Kier molecular flexibility index (Phi) is 3.58. The number of allylic oxidation sites excluding steroid dienone is 1. The largest absolute Gasteiger partial charge is 0.492 e. The van der Waals surface area contributed by atoms with Crippen LogP contribution in [0.1, 0.15) is 39.5 Å². The number of hydrogen-bond donors (Lipinski definition) is 0. The topological polar surface area (TPSA) is 65.1 Å². The van der Waals surface area contributed by atoms with Gasteiger partial charge in [-0.2, -0.15) is 0 Å².